The van der Waals surface area contributed by atoms with Crippen LogP contribution < -0.4 is 0 Å². The van der Waals surface area contributed by atoms with Gasteiger partial charge in [-0.2, -0.15) is 0 Å². The smallest absolute Gasteiger partial charge is 0.0633 e. The minimum absolute atomic E-state index is 0.483. The van der Waals surface area contributed by atoms with Crippen molar-refractivity contribution in [2.75, 3.05) is 11.5 Å². The zero-order valence-electron chi connectivity index (χ0n) is 11.8. The Morgan fingerprint density at radius 2 is 1.44 bits per heavy atom. The van der Waals surface area contributed by atoms with Crippen LogP contribution in [0.15, 0.2) is 0 Å². The third kappa shape index (κ3) is 5.86. The fourth-order valence-corrected chi connectivity index (χ4v) is 5.36. The second-order valence-electron chi connectivity index (χ2n) is 4.64. The highest BCUT2D eigenvalue weighted by molar-refractivity contribution is 8.18. The van der Waals surface area contributed by atoms with E-state index in [4.69, 9.17) is 0 Å². The Labute approximate surface area is 112 Å². The van der Waals surface area contributed by atoms with Gasteiger partial charge in [0.05, 0.1) is 4.08 Å². The Hall–Kier alpha value is 0.700. The molecule has 0 aromatic heterocycles. The number of hydrogen-bond donors (Lipinski definition) is 0. The van der Waals surface area contributed by atoms with Gasteiger partial charge >= 0.3 is 0 Å². The summed E-state index contributed by atoms with van der Waals surface area (Å²) in [6.45, 7) is 11.7. The van der Waals surface area contributed by atoms with Crippen LogP contribution >= 0.6 is 23.5 Å². The van der Waals surface area contributed by atoms with E-state index in [1.165, 1.54) is 43.6 Å². The predicted octanol–water partition coefficient (Wildman–Crippen LogP) is 5.82. The molecule has 0 saturated heterocycles. The zero-order valence-corrected chi connectivity index (χ0v) is 13.5. The van der Waals surface area contributed by atoms with Crippen molar-refractivity contribution >= 4 is 23.5 Å². The molecule has 0 spiro atoms. The van der Waals surface area contributed by atoms with Gasteiger partial charge in [-0.3, -0.25) is 0 Å². The van der Waals surface area contributed by atoms with E-state index >= 15 is 0 Å². The van der Waals surface area contributed by atoms with Crippen LogP contribution in [0, 0.1) is 5.92 Å². The van der Waals surface area contributed by atoms with E-state index in [0.717, 1.165) is 5.92 Å². The van der Waals surface area contributed by atoms with Gasteiger partial charge in [0.25, 0.3) is 0 Å². The molecule has 0 unspecified atom stereocenters. The molecular formula is C14H30S2. The quantitative estimate of drug-likeness (QED) is 0.359. The van der Waals surface area contributed by atoms with Gasteiger partial charge in [-0.05, 0) is 23.8 Å². The molecule has 2 heteroatoms. The lowest BCUT2D eigenvalue weighted by molar-refractivity contribution is 0.502. The van der Waals surface area contributed by atoms with E-state index in [1.54, 1.807) is 0 Å². The second kappa shape index (κ2) is 9.70. The highest BCUT2D eigenvalue weighted by atomic mass is 32.2. The molecule has 0 saturated carbocycles. The van der Waals surface area contributed by atoms with Crippen molar-refractivity contribution in [3.05, 3.63) is 0 Å². The Balaban J connectivity index is 4.24. The van der Waals surface area contributed by atoms with Crippen molar-refractivity contribution in [2.24, 2.45) is 5.92 Å². The summed E-state index contributed by atoms with van der Waals surface area (Å²) in [5.41, 5.74) is 0. The predicted molar refractivity (Wildman–Crippen MR) is 82.6 cm³/mol. The average Bonchev–Trinajstić information content (AvgIpc) is 2.24. The molecule has 0 aliphatic heterocycles. The minimum Gasteiger partial charge on any atom is -0.144 e. The topological polar surface area (TPSA) is 0 Å². The van der Waals surface area contributed by atoms with Crippen molar-refractivity contribution in [3.8, 4) is 0 Å². The van der Waals surface area contributed by atoms with Gasteiger partial charge < -0.3 is 0 Å². The van der Waals surface area contributed by atoms with Crippen molar-refractivity contribution < 1.29 is 0 Å². The number of hydrogen-bond acceptors (Lipinski definition) is 2. The van der Waals surface area contributed by atoms with Gasteiger partial charge in [-0.1, -0.05) is 60.3 Å². The van der Waals surface area contributed by atoms with Gasteiger partial charge in [-0.15, -0.1) is 23.5 Å². The first-order valence-electron chi connectivity index (χ1n) is 6.90. The molecule has 0 bridgehead atoms. The zero-order chi connectivity index (χ0) is 12.4. The molecule has 0 amide bonds. The molecule has 0 aliphatic rings. The first kappa shape index (κ1) is 16.7. The van der Waals surface area contributed by atoms with Gasteiger partial charge in [-0.25, -0.2) is 0 Å². The largest absolute Gasteiger partial charge is 0.144 e. The van der Waals surface area contributed by atoms with Crippen LogP contribution in [-0.2, 0) is 0 Å². The molecule has 0 rings (SSSR count). The van der Waals surface area contributed by atoms with Crippen LogP contribution in [0.5, 0.6) is 0 Å². The molecule has 0 radical (unpaired) electrons. The van der Waals surface area contributed by atoms with Crippen LogP contribution in [0.25, 0.3) is 0 Å². The maximum absolute atomic E-state index is 2.39. The summed E-state index contributed by atoms with van der Waals surface area (Å²) in [5, 5.41) is 0. The number of unbranched alkanes of at least 4 members (excludes halogenated alkanes) is 3. The molecule has 0 aromatic rings. The van der Waals surface area contributed by atoms with E-state index in [1.807, 2.05) is 0 Å². The van der Waals surface area contributed by atoms with Crippen molar-refractivity contribution in [3.63, 3.8) is 0 Å². The highest BCUT2D eigenvalue weighted by Gasteiger charge is 2.32. The SMILES string of the molecule is CCCCCCC(SCC)(SCC)C(C)C. The molecular weight excluding hydrogens is 232 g/mol. The fourth-order valence-electron chi connectivity index (χ4n) is 2.09. The van der Waals surface area contributed by atoms with E-state index < -0.39 is 0 Å². The summed E-state index contributed by atoms with van der Waals surface area (Å²) in [6.07, 6.45) is 6.96. The normalized spacial score (nSPS) is 12.4. The molecule has 0 N–H and O–H groups in total. The second-order valence-corrected chi connectivity index (χ2v) is 8.09. The summed E-state index contributed by atoms with van der Waals surface area (Å²) in [4.78, 5) is 0. The van der Waals surface area contributed by atoms with Crippen LogP contribution in [0.3, 0.4) is 0 Å². The lowest BCUT2D eigenvalue weighted by Gasteiger charge is -2.36. The van der Waals surface area contributed by atoms with Crippen LogP contribution in [0.1, 0.15) is 66.7 Å². The minimum atomic E-state index is 0.483. The van der Waals surface area contributed by atoms with Gasteiger partial charge in [0.1, 0.15) is 0 Å². The third-order valence-electron chi connectivity index (χ3n) is 3.04. The summed E-state index contributed by atoms with van der Waals surface area (Å²) in [7, 11) is 0. The Morgan fingerprint density at radius 3 is 1.81 bits per heavy atom. The summed E-state index contributed by atoms with van der Waals surface area (Å²) in [5.74, 6) is 3.28. The van der Waals surface area contributed by atoms with E-state index in [0.29, 0.717) is 4.08 Å². The van der Waals surface area contributed by atoms with Gasteiger partial charge in [0.2, 0.25) is 0 Å². The van der Waals surface area contributed by atoms with Crippen LogP contribution in [0.2, 0.25) is 0 Å². The monoisotopic (exact) mass is 262 g/mol. The molecule has 0 fully saturated rings. The maximum Gasteiger partial charge on any atom is 0.0633 e. The first-order chi connectivity index (χ1) is 7.63. The van der Waals surface area contributed by atoms with Crippen molar-refractivity contribution in [1.82, 2.24) is 0 Å². The lowest BCUT2D eigenvalue weighted by atomic mass is 10.0. The highest BCUT2D eigenvalue weighted by Crippen LogP contribution is 2.47. The Morgan fingerprint density at radius 1 is 0.875 bits per heavy atom. The third-order valence-corrected chi connectivity index (χ3v) is 6.65. The van der Waals surface area contributed by atoms with Crippen LogP contribution in [-0.4, -0.2) is 15.6 Å². The Bertz CT molecular complexity index is 149. The fraction of sp³-hybridized carbons (Fsp3) is 1.00. The molecule has 0 aromatic carbocycles. The molecule has 0 atom stereocenters. The number of thioether (sulfide) groups is 2. The summed E-state index contributed by atoms with van der Waals surface area (Å²) in [6, 6.07) is 0. The van der Waals surface area contributed by atoms with Gasteiger partial charge in [0, 0.05) is 0 Å². The van der Waals surface area contributed by atoms with Crippen molar-refractivity contribution in [1.29, 1.82) is 0 Å². The summed E-state index contributed by atoms with van der Waals surface area (Å²) >= 11 is 4.36. The molecule has 0 nitrogen and oxygen atoms in total. The molecule has 0 heterocycles. The van der Waals surface area contributed by atoms with Crippen molar-refractivity contribution in [2.45, 2.75) is 70.8 Å². The first-order valence-corrected chi connectivity index (χ1v) is 8.88. The maximum atomic E-state index is 2.39. The van der Waals surface area contributed by atoms with E-state index in [-0.39, 0.29) is 0 Å². The summed E-state index contributed by atoms with van der Waals surface area (Å²) < 4.78 is 0.483. The van der Waals surface area contributed by atoms with E-state index in [9.17, 15) is 0 Å². The van der Waals surface area contributed by atoms with E-state index in [2.05, 4.69) is 58.1 Å². The Kier molecular flexibility index (Phi) is 10.1. The molecule has 0 aliphatic carbocycles. The van der Waals surface area contributed by atoms with Crippen LogP contribution in [0.4, 0.5) is 0 Å². The molecule has 16 heavy (non-hydrogen) atoms. The molecule has 98 valence electrons. The number of rotatable bonds is 10. The lowest BCUT2D eigenvalue weighted by Crippen LogP contribution is -2.28. The standard InChI is InChI=1S/C14H30S2/c1-6-9-10-11-12-14(13(4)5,15-7-2)16-8-3/h13H,6-12H2,1-5H3. The van der Waals surface area contributed by atoms with Gasteiger partial charge in [0.15, 0.2) is 0 Å². The average molecular weight is 263 g/mol.